The molecular weight excluding hydrogens is 224 g/mol. The van der Waals surface area contributed by atoms with Crippen LogP contribution < -0.4 is 0 Å². The molecule has 0 saturated carbocycles. The summed E-state index contributed by atoms with van der Waals surface area (Å²) in [4.78, 5) is 8.56. The van der Waals surface area contributed by atoms with Crippen molar-refractivity contribution in [1.82, 2.24) is 9.97 Å². The Balaban J connectivity index is 2.51. The first kappa shape index (κ1) is 11.0. The maximum atomic E-state index is 9.07. The fourth-order valence-corrected chi connectivity index (χ4v) is 1.66. The van der Waals surface area contributed by atoms with E-state index in [-0.39, 0.29) is 6.61 Å². The highest BCUT2D eigenvalue weighted by Gasteiger charge is 2.04. The molecule has 1 N–H and O–H groups in total. The topological polar surface area (TPSA) is 46.0 Å². The fourth-order valence-electron chi connectivity index (χ4n) is 1.47. The molecule has 0 bridgehead atoms. The molecule has 2 aromatic rings. The van der Waals surface area contributed by atoms with Crippen LogP contribution in [0.25, 0.3) is 11.4 Å². The fraction of sp³-hybridized carbons (Fsp3) is 0.167. The van der Waals surface area contributed by atoms with E-state index in [1.165, 1.54) is 0 Å². The number of aromatic nitrogens is 2. The van der Waals surface area contributed by atoms with E-state index in [2.05, 4.69) is 9.97 Å². The van der Waals surface area contributed by atoms with Crippen LogP contribution in [0.4, 0.5) is 0 Å². The molecule has 0 aliphatic rings. The zero-order valence-corrected chi connectivity index (χ0v) is 9.57. The summed E-state index contributed by atoms with van der Waals surface area (Å²) in [6, 6.07) is 9.10. The lowest BCUT2D eigenvalue weighted by Crippen LogP contribution is -1.97. The number of benzene rings is 1. The first-order valence-corrected chi connectivity index (χ1v) is 5.28. The van der Waals surface area contributed by atoms with Crippen LogP contribution in [0.15, 0.2) is 30.3 Å². The summed E-state index contributed by atoms with van der Waals surface area (Å²) in [6.07, 6.45) is 0. The molecule has 3 nitrogen and oxygen atoms in total. The van der Waals surface area contributed by atoms with Crippen LogP contribution in [0.5, 0.6) is 0 Å². The summed E-state index contributed by atoms with van der Waals surface area (Å²) in [5, 5.41) is 9.72. The van der Waals surface area contributed by atoms with E-state index in [1.807, 2.05) is 19.1 Å². The highest BCUT2D eigenvalue weighted by Crippen LogP contribution is 2.20. The molecule has 0 amide bonds. The first-order valence-electron chi connectivity index (χ1n) is 4.90. The largest absolute Gasteiger partial charge is 0.390 e. The summed E-state index contributed by atoms with van der Waals surface area (Å²) in [5.74, 6) is 0.589. The van der Waals surface area contributed by atoms with E-state index >= 15 is 0 Å². The van der Waals surface area contributed by atoms with E-state index in [0.29, 0.717) is 16.5 Å². The monoisotopic (exact) mass is 234 g/mol. The van der Waals surface area contributed by atoms with Crippen LogP contribution in [0.3, 0.4) is 0 Å². The molecule has 0 aliphatic carbocycles. The lowest BCUT2D eigenvalue weighted by atomic mass is 10.2. The standard InChI is InChI=1S/C12H11ClN2O/c1-8-5-11(7-16)15-12(14-8)9-3-2-4-10(13)6-9/h2-6,16H,7H2,1H3. The molecule has 0 saturated heterocycles. The molecule has 1 heterocycles. The van der Waals surface area contributed by atoms with Gasteiger partial charge in [-0.25, -0.2) is 9.97 Å². The maximum Gasteiger partial charge on any atom is 0.159 e. The Hall–Kier alpha value is -1.45. The molecule has 0 spiro atoms. The van der Waals surface area contributed by atoms with Crippen molar-refractivity contribution in [3.05, 3.63) is 46.7 Å². The van der Waals surface area contributed by atoms with E-state index in [0.717, 1.165) is 11.3 Å². The Kier molecular flexibility index (Phi) is 3.17. The van der Waals surface area contributed by atoms with Gasteiger partial charge in [0.1, 0.15) is 0 Å². The number of nitrogens with zero attached hydrogens (tertiary/aromatic N) is 2. The van der Waals surface area contributed by atoms with Gasteiger partial charge in [-0.2, -0.15) is 0 Å². The summed E-state index contributed by atoms with van der Waals surface area (Å²) >= 11 is 5.90. The number of aliphatic hydroxyl groups is 1. The van der Waals surface area contributed by atoms with Crippen molar-refractivity contribution < 1.29 is 5.11 Å². The predicted octanol–water partition coefficient (Wildman–Crippen LogP) is 2.60. The number of rotatable bonds is 2. The molecular formula is C12H11ClN2O. The van der Waals surface area contributed by atoms with Gasteiger partial charge in [0, 0.05) is 16.3 Å². The van der Waals surface area contributed by atoms with Gasteiger partial charge in [-0.3, -0.25) is 0 Å². The predicted molar refractivity (Wildman–Crippen MR) is 63.1 cm³/mol. The SMILES string of the molecule is Cc1cc(CO)nc(-c2cccc(Cl)c2)n1. The van der Waals surface area contributed by atoms with Gasteiger partial charge in [0.05, 0.1) is 12.3 Å². The second kappa shape index (κ2) is 4.60. The van der Waals surface area contributed by atoms with Crippen molar-refractivity contribution in [2.45, 2.75) is 13.5 Å². The van der Waals surface area contributed by atoms with E-state index in [4.69, 9.17) is 16.7 Å². The van der Waals surface area contributed by atoms with Gasteiger partial charge in [0.15, 0.2) is 5.82 Å². The minimum atomic E-state index is -0.0864. The molecule has 1 aromatic heterocycles. The molecule has 82 valence electrons. The Morgan fingerprint density at radius 3 is 2.75 bits per heavy atom. The van der Waals surface area contributed by atoms with Crippen LogP contribution in [-0.4, -0.2) is 15.1 Å². The Labute approximate surface area is 98.8 Å². The normalized spacial score (nSPS) is 10.4. The van der Waals surface area contributed by atoms with Crippen LogP contribution in [0.1, 0.15) is 11.4 Å². The highest BCUT2D eigenvalue weighted by molar-refractivity contribution is 6.30. The van der Waals surface area contributed by atoms with Gasteiger partial charge in [-0.05, 0) is 25.1 Å². The van der Waals surface area contributed by atoms with Crippen molar-refractivity contribution in [1.29, 1.82) is 0 Å². The molecule has 1 aromatic carbocycles. The zero-order valence-electron chi connectivity index (χ0n) is 8.81. The van der Waals surface area contributed by atoms with Crippen molar-refractivity contribution in [2.24, 2.45) is 0 Å². The average molecular weight is 235 g/mol. The van der Waals surface area contributed by atoms with E-state index < -0.39 is 0 Å². The van der Waals surface area contributed by atoms with Gasteiger partial charge in [0.2, 0.25) is 0 Å². The molecule has 16 heavy (non-hydrogen) atoms. The minimum Gasteiger partial charge on any atom is -0.390 e. The zero-order chi connectivity index (χ0) is 11.5. The van der Waals surface area contributed by atoms with Crippen LogP contribution >= 0.6 is 11.6 Å². The lowest BCUT2D eigenvalue weighted by Gasteiger charge is -2.04. The summed E-state index contributed by atoms with van der Waals surface area (Å²) < 4.78 is 0. The van der Waals surface area contributed by atoms with E-state index in [1.54, 1.807) is 18.2 Å². The summed E-state index contributed by atoms with van der Waals surface area (Å²) in [7, 11) is 0. The molecule has 4 heteroatoms. The van der Waals surface area contributed by atoms with Crippen molar-refractivity contribution in [3.8, 4) is 11.4 Å². The molecule has 0 aliphatic heterocycles. The maximum absolute atomic E-state index is 9.07. The number of hydrogen-bond acceptors (Lipinski definition) is 3. The third-order valence-corrected chi connectivity index (χ3v) is 2.39. The number of aliphatic hydroxyl groups excluding tert-OH is 1. The van der Waals surface area contributed by atoms with Crippen molar-refractivity contribution in [2.75, 3.05) is 0 Å². The Bertz CT molecular complexity index is 514. The number of aryl methyl sites for hydroxylation is 1. The quantitative estimate of drug-likeness (QED) is 0.869. The van der Waals surface area contributed by atoms with Crippen molar-refractivity contribution in [3.63, 3.8) is 0 Å². The molecule has 0 fully saturated rings. The van der Waals surface area contributed by atoms with Gasteiger partial charge in [-0.1, -0.05) is 23.7 Å². The number of hydrogen-bond donors (Lipinski definition) is 1. The second-order valence-electron chi connectivity index (χ2n) is 3.49. The minimum absolute atomic E-state index is 0.0864. The van der Waals surface area contributed by atoms with Crippen molar-refractivity contribution >= 4 is 11.6 Å². The third kappa shape index (κ3) is 2.38. The van der Waals surface area contributed by atoms with E-state index in [9.17, 15) is 0 Å². The summed E-state index contributed by atoms with van der Waals surface area (Å²) in [5.41, 5.74) is 2.29. The van der Waals surface area contributed by atoms with Crippen LogP contribution in [-0.2, 0) is 6.61 Å². The van der Waals surface area contributed by atoms with Crippen LogP contribution in [0, 0.1) is 6.92 Å². The highest BCUT2D eigenvalue weighted by atomic mass is 35.5. The van der Waals surface area contributed by atoms with Crippen LogP contribution in [0.2, 0.25) is 5.02 Å². The first-order chi connectivity index (χ1) is 7.69. The third-order valence-electron chi connectivity index (χ3n) is 2.15. The molecule has 0 atom stereocenters. The Morgan fingerprint density at radius 1 is 1.25 bits per heavy atom. The van der Waals surface area contributed by atoms with Gasteiger partial charge >= 0.3 is 0 Å². The van der Waals surface area contributed by atoms with Gasteiger partial charge in [-0.15, -0.1) is 0 Å². The summed E-state index contributed by atoms with van der Waals surface area (Å²) in [6.45, 7) is 1.78. The van der Waals surface area contributed by atoms with Gasteiger partial charge in [0.25, 0.3) is 0 Å². The smallest absolute Gasteiger partial charge is 0.159 e. The molecule has 0 radical (unpaired) electrons. The average Bonchev–Trinajstić information content (AvgIpc) is 2.28. The molecule has 0 unspecified atom stereocenters. The number of halogens is 1. The molecule has 2 rings (SSSR count). The second-order valence-corrected chi connectivity index (χ2v) is 3.93. The van der Waals surface area contributed by atoms with Gasteiger partial charge < -0.3 is 5.11 Å². The lowest BCUT2D eigenvalue weighted by molar-refractivity contribution is 0.276. The Morgan fingerprint density at radius 2 is 2.06 bits per heavy atom.